The third-order valence-electron chi connectivity index (χ3n) is 4.90. The minimum absolute atomic E-state index is 0. The van der Waals surface area contributed by atoms with Crippen molar-refractivity contribution in [2.24, 2.45) is 4.99 Å². The van der Waals surface area contributed by atoms with Crippen LogP contribution >= 0.6 is 35.7 Å². The van der Waals surface area contributed by atoms with Crippen molar-refractivity contribution in [1.29, 1.82) is 0 Å². The number of halogens is 1. The predicted molar refractivity (Wildman–Crippen MR) is 120 cm³/mol. The van der Waals surface area contributed by atoms with Gasteiger partial charge in [-0.2, -0.15) is 11.8 Å². The third kappa shape index (κ3) is 6.64. The Hall–Kier alpha value is -0.470. The van der Waals surface area contributed by atoms with Gasteiger partial charge >= 0.3 is 0 Å². The van der Waals surface area contributed by atoms with Gasteiger partial charge in [0.15, 0.2) is 5.96 Å². The molecule has 140 valence electrons. The summed E-state index contributed by atoms with van der Waals surface area (Å²) in [5.74, 6) is 2.27. The standard InChI is InChI=1S/C19H30N4S.HI/c1-20-19(22-14-18-8-4-13-24-18)21-10-5-11-23-12-9-16-6-2-3-7-17(16)15-23;/h2-3,6-7,18H,4-5,8-15H2,1H3,(H2,20,21,22);1H. The highest BCUT2D eigenvalue weighted by Crippen LogP contribution is 2.25. The molecule has 0 radical (unpaired) electrons. The molecule has 2 aliphatic rings. The van der Waals surface area contributed by atoms with Crippen LogP contribution in [0.3, 0.4) is 0 Å². The molecule has 0 saturated carbocycles. The van der Waals surface area contributed by atoms with Crippen LogP contribution in [0.4, 0.5) is 0 Å². The first-order valence-corrected chi connectivity index (χ1v) is 10.3. The normalized spacial score (nSPS) is 20.7. The maximum atomic E-state index is 4.33. The molecule has 0 aliphatic carbocycles. The van der Waals surface area contributed by atoms with Crippen molar-refractivity contribution in [3.8, 4) is 0 Å². The quantitative estimate of drug-likeness (QED) is 0.288. The van der Waals surface area contributed by atoms with Gasteiger partial charge in [0, 0.05) is 45.0 Å². The highest BCUT2D eigenvalue weighted by Gasteiger charge is 2.16. The van der Waals surface area contributed by atoms with Crippen molar-refractivity contribution in [1.82, 2.24) is 15.5 Å². The van der Waals surface area contributed by atoms with Gasteiger partial charge in [0.05, 0.1) is 0 Å². The topological polar surface area (TPSA) is 39.7 Å². The molecule has 1 aromatic rings. The van der Waals surface area contributed by atoms with Crippen LogP contribution in [0.15, 0.2) is 29.3 Å². The predicted octanol–water partition coefficient (Wildman–Crippen LogP) is 3.11. The zero-order valence-electron chi connectivity index (χ0n) is 15.2. The summed E-state index contributed by atoms with van der Waals surface area (Å²) >= 11 is 2.08. The minimum Gasteiger partial charge on any atom is -0.356 e. The zero-order valence-corrected chi connectivity index (χ0v) is 18.3. The van der Waals surface area contributed by atoms with E-state index in [0.717, 1.165) is 43.8 Å². The second-order valence-electron chi connectivity index (χ2n) is 6.66. The van der Waals surface area contributed by atoms with E-state index < -0.39 is 0 Å². The molecule has 25 heavy (non-hydrogen) atoms. The number of nitrogens with one attached hydrogen (secondary N) is 2. The lowest BCUT2D eigenvalue weighted by atomic mass is 10.00. The lowest BCUT2D eigenvalue weighted by Crippen LogP contribution is -2.41. The number of hydrogen-bond acceptors (Lipinski definition) is 3. The van der Waals surface area contributed by atoms with E-state index in [1.165, 1.54) is 42.7 Å². The second-order valence-corrected chi connectivity index (χ2v) is 8.07. The average molecular weight is 474 g/mol. The Morgan fingerprint density at radius 1 is 1.28 bits per heavy atom. The maximum Gasteiger partial charge on any atom is 0.191 e. The van der Waals surface area contributed by atoms with Gasteiger partial charge in [-0.3, -0.25) is 9.89 Å². The van der Waals surface area contributed by atoms with Gasteiger partial charge in [-0.1, -0.05) is 24.3 Å². The first-order valence-electron chi connectivity index (χ1n) is 9.20. The average Bonchev–Trinajstić information content (AvgIpc) is 3.14. The smallest absolute Gasteiger partial charge is 0.191 e. The van der Waals surface area contributed by atoms with Gasteiger partial charge in [-0.05, 0) is 42.6 Å². The van der Waals surface area contributed by atoms with Crippen LogP contribution in [0, 0.1) is 0 Å². The molecule has 3 rings (SSSR count). The lowest BCUT2D eigenvalue weighted by molar-refractivity contribution is 0.251. The van der Waals surface area contributed by atoms with Gasteiger partial charge in [0.1, 0.15) is 0 Å². The molecule has 1 fully saturated rings. The molecular formula is C19H31IN4S. The van der Waals surface area contributed by atoms with Gasteiger partial charge in [-0.25, -0.2) is 0 Å². The molecule has 1 saturated heterocycles. The van der Waals surface area contributed by atoms with Crippen molar-refractivity contribution in [3.05, 3.63) is 35.4 Å². The van der Waals surface area contributed by atoms with E-state index in [1.807, 2.05) is 7.05 Å². The molecule has 2 N–H and O–H groups in total. The van der Waals surface area contributed by atoms with Gasteiger partial charge in [0.25, 0.3) is 0 Å². The summed E-state index contributed by atoms with van der Waals surface area (Å²) in [6.07, 6.45) is 5.04. The summed E-state index contributed by atoms with van der Waals surface area (Å²) in [7, 11) is 1.86. The van der Waals surface area contributed by atoms with E-state index >= 15 is 0 Å². The summed E-state index contributed by atoms with van der Waals surface area (Å²) in [6, 6.07) is 8.85. The number of rotatable bonds is 6. The Labute approximate surface area is 173 Å². The number of hydrogen-bond donors (Lipinski definition) is 2. The monoisotopic (exact) mass is 474 g/mol. The van der Waals surface area contributed by atoms with E-state index in [4.69, 9.17) is 0 Å². The molecule has 1 unspecified atom stereocenters. The Balaban J connectivity index is 0.00000225. The first-order chi connectivity index (χ1) is 11.8. The van der Waals surface area contributed by atoms with Crippen LogP contribution in [0.5, 0.6) is 0 Å². The van der Waals surface area contributed by atoms with E-state index in [0.29, 0.717) is 0 Å². The summed E-state index contributed by atoms with van der Waals surface area (Å²) < 4.78 is 0. The minimum atomic E-state index is 0. The van der Waals surface area contributed by atoms with Crippen molar-refractivity contribution < 1.29 is 0 Å². The zero-order chi connectivity index (χ0) is 16.6. The highest BCUT2D eigenvalue weighted by molar-refractivity contribution is 14.0. The van der Waals surface area contributed by atoms with Crippen LogP contribution in [0.1, 0.15) is 30.4 Å². The van der Waals surface area contributed by atoms with Crippen molar-refractivity contribution in [2.45, 2.75) is 37.5 Å². The molecule has 1 aromatic carbocycles. The van der Waals surface area contributed by atoms with Crippen LogP contribution < -0.4 is 10.6 Å². The number of benzene rings is 1. The molecule has 0 amide bonds. The first kappa shape index (κ1) is 20.8. The van der Waals surface area contributed by atoms with E-state index in [1.54, 1.807) is 0 Å². The maximum absolute atomic E-state index is 4.33. The van der Waals surface area contributed by atoms with Crippen LogP contribution in [-0.4, -0.2) is 55.1 Å². The Bertz CT molecular complexity index is 546. The molecule has 2 aliphatic heterocycles. The summed E-state index contributed by atoms with van der Waals surface area (Å²) in [6.45, 7) is 5.45. The lowest BCUT2D eigenvalue weighted by Gasteiger charge is -2.28. The number of nitrogens with zero attached hydrogens (tertiary/aromatic N) is 2. The number of thioether (sulfide) groups is 1. The Morgan fingerprint density at radius 3 is 2.88 bits per heavy atom. The number of fused-ring (bicyclic) bond motifs is 1. The van der Waals surface area contributed by atoms with Gasteiger partial charge in [0.2, 0.25) is 0 Å². The van der Waals surface area contributed by atoms with Crippen LogP contribution in [-0.2, 0) is 13.0 Å². The van der Waals surface area contributed by atoms with Crippen molar-refractivity contribution >= 4 is 41.7 Å². The van der Waals surface area contributed by atoms with E-state index in [2.05, 4.69) is 56.6 Å². The fourth-order valence-corrected chi connectivity index (χ4v) is 4.69. The Kier molecular flexibility index (Phi) is 9.41. The SMILES string of the molecule is CN=C(NCCCN1CCc2ccccc2C1)NCC1CCCS1.I. The van der Waals surface area contributed by atoms with Crippen molar-refractivity contribution in [2.75, 3.05) is 39.0 Å². The highest BCUT2D eigenvalue weighted by atomic mass is 127. The largest absolute Gasteiger partial charge is 0.356 e. The molecule has 1 atom stereocenters. The molecular weight excluding hydrogens is 443 g/mol. The molecule has 4 nitrogen and oxygen atoms in total. The third-order valence-corrected chi connectivity index (χ3v) is 6.30. The van der Waals surface area contributed by atoms with Gasteiger partial charge < -0.3 is 10.6 Å². The van der Waals surface area contributed by atoms with Crippen LogP contribution in [0.25, 0.3) is 0 Å². The fraction of sp³-hybridized carbons (Fsp3) is 0.632. The van der Waals surface area contributed by atoms with E-state index in [9.17, 15) is 0 Å². The fourth-order valence-electron chi connectivity index (χ4n) is 3.49. The molecule has 6 heteroatoms. The van der Waals surface area contributed by atoms with Crippen molar-refractivity contribution in [3.63, 3.8) is 0 Å². The van der Waals surface area contributed by atoms with Gasteiger partial charge in [-0.15, -0.1) is 24.0 Å². The summed E-state index contributed by atoms with van der Waals surface area (Å²) in [5, 5.41) is 7.68. The molecule has 2 heterocycles. The molecule has 0 aromatic heterocycles. The second kappa shape index (κ2) is 11.3. The Morgan fingerprint density at radius 2 is 2.12 bits per heavy atom. The number of aliphatic imine (C=N–C) groups is 1. The summed E-state index contributed by atoms with van der Waals surface area (Å²) in [4.78, 5) is 6.90. The number of guanidine groups is 1. The van der Waals surface area contributed by atoms with E-state index in [-0.39, 0.29) is 24.0 Å². The van der Waals surface area contributed by atoms with Crippen LogP contribution in [0.2, 0.25) is 0 Å². The summed E-state index contributed by atoms with van der Waals surface area (Å²) in [5.41, 5.74) is 3.03. The molecule has 0 bridgehead atoms. The molecule has 0 spiro atoms.